The summed E-state index contributed by atoms with van der Waals surface area (Å²) in [5.74, 6) is -10.1. The van der Waals surface area contributed by atoms with Crippen molar-refractivity contribution in [2.75, 3.05) is 0 Å². The molecule has 15 nitrogen and oxygen atoms in total. The Labute approximate surface area is 138 Å². The number of hydrogen-bond donors (Lipinski definition) is 5. The molecule has 148 valence electrons. The van der Waals surface area contributed by atoms with Gasteiger partial charge < -0.3 is 77.1 Å². The van der Waals surface area contributed by atoms with Gasteiger partial charge in [-0.3, -0.25) is 0 Å². The molecule has 0 aliphatic rings. The lowest BCUT2D eigenvalue weighted by Gasteiger charge is -2.29. The van der Waals surface area contributed by atoms with Gasteiger partial charge >= 0.3 is 0 Å². The van der Waals surface area contributed by atoms with Gasteiger partial charge in [-0.05, 0) is 0 Å². The van der Waals surface area contributed by atoms with E-state index in [0.29, 0.717) is 0 Å². The molecule has 2 atom stereocenters. The maximum Gasteiger partial charge on any atom is 0.124 e. The fraction of sp³-hybridized carbons (Fsp3) is 0.500. The summed E-state index contributed by atoms with van der Waals surface area (Å²) < 4.78 is 0. The number of aliphatic carboxylic acids is 5. The molecule has 0 rings (SSSR count). The normalized spacial score (nSPS) is 12.0. The predicted octanol–water partition coefficient (Wildman–Crippen LogP) is -9.29. The molecule has 0 aliphatic heterocycles. The lowest BCUT2D eigenvalue weighted by molar-refractivity contribution is -0.339. The number of rotatable bonds is 8. The molecule has 15 heteroatoms. The summed E-state index contributed by atoms with van der Waals surface area (Å²) >= 11 is 0. The van der Waals surface area contributed by atoms with E-state index in [1.54, 1.807) is 0 Å². The minimum absolute atomic E-state index is 0. The number of carboxylic acids is 5. The molecule has 0 fully saturated rings. The van der Waals surface area contributed by atoms with Crippen molar-refractivity contribution >= 4 is 29.8 Å². The molecule has 0 aromatic rings. The molecule has 0 saturated carbocycles. The van der Waals surface area contributed by atoms with Crippen LogP contribution in [-0.4, -0.2) is 63.0 Å². The number of carbonyl (C=O) groups is 5. The quantitative estimate of drug-likeness (QED) is 0.264. The van der Waals surface area contributed by atoms with Crippen LogP contribution in [0.25, 0.3) is 0 Å². The molecular formula is C10H17N2O13-3. The third-order valence-corrected chi connectivity index (χ3v) is 2.04. The Morgan fingerprint density at radius 3 is 1.08 bits per heavy atom. The van der Waals surface area contributed by atoms with Gasteiger partial charge in [0.05, 0.1) is 17.9 Å². The number of carboxylic acid groups (broad SMARTS) is 5. The molecule has 2 unspecified atom stereocenters. The molecule has 0 aromatic heterocycles. The summed E-state index contributed by atoms with van der Waals surface area (Å²) in [5.41, 5.74) is -2.97. The zero-order chi connectivity index (χ0) is 19.0. The van der Waals surface area contributed by atoms with Crippen molar-refractivity contribution in [2.45, 2.75) is 30.7 Å². The Morgan fingerprint density at radius 1 is 0.720 bits per heavy atom. The van der Waals surface area contributed by atoms with Crippen molar-refractivity contribution in [3.8, 4) is 0 Å². The van der Waals surface area contributed by atoms with Crippen LogP contribution < -0.4 is 37.8 Å². The van der Waals surface area contributed by atoms with Crippen LogP contribution in [0.1, 0.15) is 12.8 Å². The summed E-state index contributed by atoms with van der Waals surface area (Å²) in [7, 11) is 0. The Hall–Kier alpha value is -2.85. The maximum absolute atomic E-state index is 10.1. The average Bonchev–Trinajstić information content (AvgIpc) is 2.35. The van der Waals surface area contributed by atoms with E-state index < -0.39 is 60.5 Å². The highest BCUT2D eigenvalue weighted by Gasteiger charge is 2.29. The molecular weight excluding hydrogens is 356 g/mol. The fourth-order valence-electron chi connectivity index (χ4n) is 0.942. The summed E-state index contributed by atoms with van der Waals surface area (Å²) in [6.45, 7) is 0. The zero-order valence-corrected chi connectivity index (χ0v) is 13.0. The highest BCUT2D eigenvalue weighted by molar-refractivity contribution is 5.86. The first kappa shape index (κ1) is 30.1. The fourth-order valence-corrected chi connectivity index (χ4v) is 0.942. The molecule has 0 spiro atoms. The first-order chi connectivity index (χ1) is 10.2. The van der Waals surface area contributed by atoms with E-state index in [9.17, 15) is 49.5 Å². The second kappa shape index (κ2) is 12.6. The average molecular weight is 373 g/mol. The van der Waals surface area contributed by atoms with E-state index in [-0.39, 0.29) is 12.3 Å². The maximum atomic E-state index is 10.1. The van der Waals surface area contributed by atoms with Gasteiger partial charge in [0, 0.05) is 24.8 Å². The van der Waals surface area contributed by atoms with Crippen LogP contribution in [0.15, 0.2) is 0 Å². The van der Waals surface area contributed by atoms with Crippen LogP contribution in [0.3, 0.4) is 0 Å². The largest absolute Gasteiger partial charge is 0.550 e. The minimum atomic E-state index is -2.97. The number of carbonyl (C=O) groups excluding carboxylic acids is 5. The third kappa shape index (κ3) is 12.3. The molecule has 0 heterocycles. The van der Waals surface area contributed by atoms with Crippen molar-refractivity contribution in [1.29, 1.82) is 0 Å². The smallest absolute Gasteiger partial charge is 0.124 e. The molecule has 0 aliphatic carbocycles. The van der Waals surface area contributed by atoms with Crippen molar-refractivity contribution in [1.82, 2.24) is 12.3 Å². The van der Waals surface area contributed by atoms with E-state index in [0.717, 1.165) is 0 Å². The van der Waals surface area contributed by atoms with E-state index in [4.69, 9.17) is 15.3 Å². The summed E-state index contributed by atoms with van der Waals surface area (Å²) in [4.78, 5) is 49.3. The van der Waals surface area contributed by atoms with Gasteiger partial charge in [0.15, 0.2) is 0 Å². The summed E-state index contributed by atoms with van der Waals surface area (Å²) in [5, 5.41) is 74.7. The monoisotopic (exact) mass is 373 g/mol. The molecule has 0 saturated heterocycles. The number of aliphatic hydroxyl groups is 3. The Kier molecular flexibility index (Phi) is 15.1. The summed E-state index contributed by atoms with van der Waals surface area (Å²) in [6.07, 6.45) is -7.60. The van der Waals surface area contributed by atoms with Crippen LogP contribution in [-0.2, 0) is 24.0 Å². The Bertz CT molecular complexity index is 457. The lowest BCUT2D eigenvalue weighted by atomic mass is 9.96. The molecule has 25 heavy (non-hydrogen) atoms. The molecule has 0 aromatic carbocycles. The van der Waals surface area contributed by atoms with Gasteiger partial charge in [-0.15, -0.1) is 0 Å². The first-order valence-corrected chi connectivity index (χ1v) is 5.36. The van der Waals surface area contributed by atoms with Crippen molar-refractivity contribution in [3.63, 3.8) is 0 Å². The standard InChI is InChI=1S/C6H8O7.C4H6O6.2H3N/c7-3(8)1-6(13,5(11)12)2-4(9)10;5-1(3(7)8)2(6)4(9)10;;/h13H,1-2H2,(H,7,8)(H,9,10)(H,11,12);1-2,5-6H,(H,7,8)(H,9,10);2*1H3/p-3. The van der Waals surface area contributed by atoms with Crippen LogP contribution >= 0.6 is 0 Å². The number of aliphatic hydroxyl groups excluding tert-OH is 2. The minimum Gasteiger partial charge on any atom is -0.550 e. The van der Waals surface area contributed by atoms with Gasteiger partial charge in [0.2, 0.25) is 0 Å². The van der Waals surface area contributed by atoms with Crippen LogP contribution in [0.2, 0.25) is 0 Å². The van der Waals surface area contributed by atoms with Crippen LogP contribution in [0.4, 0.5) is 0 Å². The molecule has 0 radical (unpaired) electrons. The topological polar surface area (TPSA) is 334 Å². The van der Waals surface area contributed by atoms with Gasteiger partial charge in [0.25, 0.3) is 0 Å². The van der Waals surface area contributed by atoms with E-state index >= 15 is 0 Å². The Morgan fingerprint density at radius 2 is 0.960 bits per heavy atom. The van der Waals surface area contributed by atoms with Gasteiger partial charge in [-0.1, -0.05) is 0 Å². The second-order valence-corrected chi connectivity index (χ2v) is 3.94. The first-order valence-electron chi connectivity index (χ1n) is 5.36. The van der Waals surface area contributed by atoms with Crippen molar-refractivity contribution in [2.24, 2.45) is 0 Å². The SMILES string of the molecule is O=C([O-])C(O)C(O)C(=O)[O-].O=C([O-])CC(O)(CC(=O)[O-])C(=O)[O-].[NH4+].[NH4+]. The predicted molar refractivity (Wildman–Crippen MR) is 63.2 cm³/mol. The van der Waals surface area contributed by atoms with Crippen molar-refractivity contribution in [3.05, 3.63) is 0 Å². The Balaban J connectivity index is -0.000000168. The van der Waals surface area contributed by atoms with Gasteiger partial charge in [0.1, 0.15) is 17.8 Å². The number of quaternary nitrogens is 2. The third-order valence-electron chi connectivity index (χ3n) is 2.04. The lowest BCUT2D eigenvalue weighted by Crippen LogP contribution is -2.54. The van der Waals surface area contributed by atoms with E-state index in [2.05, 4.69) is 0 Å². The molecule has 0 amide bonds. The number of hydrogen-bond acceptors (Lipinski definition) is 13. The van der Waals surface area contributed by atoms with Gasteiger partial charge in [-0.2, -0.15) is 0 Å². The van der Waals surface area contributed by atoms with E-state index in [1.165, 1.54) is 0 Å². The van der Waals surface area contributed by atoms with Gasteiger partial charge in [-0.25, -0.2) is 0 Å². The molecule has 0 bridgehead atoms. The highest BCUT2D eigenvalue weighted by atomic mass is 16.4. The highest BCUT2D eigenvalue weighted by Crippen LogP contribution is 2.13. The van der Waals surface area contributed by atoms with Crippen LogP contribution in [0, 0.1) is 0 Å². The molecule has 11 N–H and O–H groups in total. The zero-order valence-electron chi connectivity index (χ0n) is 13.0. The second-order valence-electron chi connectivity index (χ2n) is 3.94. The van der Waals surface area contributed by atoms with E-state index in [1.807, 2.05) is 0 Å². The van der Waals surface area contributed by atoms with Crippen molar-refractivity contribution < 1.29 is 64.8 Å². The van der Waals surface area contributed by atoms with Crippen LogP contribution in [0.5, 0.6) is 0 Å². The summed E-state index contributed by atoms with van der Waals surface area (Å²) in [6, 6.07) is 0.